The number of hydrogen-bond donors (Lipinski definition) is 0. The number of amides is 1. The highest BCUT2D eigenvalue weighted by molar-refractivity contribution is 6.31. The smallest absolute Gasteiger partial charge is 0.255 e. The number of nitriles is 1. The van der Waals surface area contributed by atoms with Crippen LogP contribution < -0.4 is 0 Å². The minimum Gasteiger partial charge on any atom is -0.376 e. The number of ether oxygens (including phenoxy) is 1. The predicted octanol–water partition coefficient (Wildman–Crippen LogP) is 2.01. The van der Waals surface area contributed by atoms with Gasteiger partial charge in [-0.05, 0) is 30.7 Å². The molecule has 1 aliphatic heterocycles. The van der Waals surface area contributed by atoms with Crippen molar-refractivity contribution < 1.29 is 9.53 Å². The number of aryl methyl sites for hydroxylation is 1. The third-order valence-electron chi connectivity index (χ3n) is 2.94. The van der Waals surface area contributed by atoms with Crippen molar-refractivity contribution in [3.05, 3.63) is 34.3 Å². The first kappa shape index (κ1) is 12.9. The molecule has 1 heterocycles. The molecule has 0 spiro atoms. The molecule has 1 unspecified atom stereocenters. The highest BCUT2D eigenvalue weighted by Crippen LogP contribution is 2.19. The predicted molar refractivity (Wildman–Crippen MR) is 67.4 cm³/mol. The van der Waals surface area contributed by atoms with Gasteiger partial charge in [0.1, 0.15) is 6.04 Å². The quantitative estimate of drug-likeness (QED) is 0.780. The zero-order valence-corrected chi connectivity index (χ0v) is 10.8. The molecule has 94 valence electrons. The fourth-order valence-corrected chi connectivity index (χ4v) is 2.01. The lowest BCUT2D eigenvalue weighted by molar-refractivity contribution is 0.0132. The topological polar surface area (TPSA) is 53.3 Å². The number of rotatable bonds is 1. The van der Waals surface area contributed by atoms with Crippen molar-refractivity contribution in [2.45, 2.75) is 13.0 Å². The van der Waals surface area contributed by atoms with Crippen molar-refractivity contribution in [3.8, 4) is 6.07 Å². The zero-order valence-electron chi connectivity index (χ0n) is 10.0. The second kappa shape index (κ2) is 5.38. The van der Waals surface area contributed by atoms with E-state index in [-0.39, 0.29) is 12.5 Å². The number of benzene rings is 1. The van der Waals surface area contributed by atoms with Crippen molar-refractivity contribution in [1.82, 2.24) is 4.90 Å². The molecule has 1 atom stereocenters. The van der Waals surface area contributed by atoms with Gasteiger partial charge in [0.15, 0.2) is 0 Å². The summed E-state index contributed by atoms with van der Waals surface area (Å²) in [6.45, 7) is 3.03. The summed E-state index contributed by atoms with van der Waals surface area (Å²) in [4.78, 5) is 13.9. The van der Waals surface area contributed by atoms with E-state index < -0.39 is 6.04 Å². The Labute approximate surface area is 111 Å². The van der Waals surface area contributed by atoms with Gasteiger partial charge in [-0.2, -0.15) is 5.26 Å². The van der Waals surface area contributed by atoms with Crippen molar-refractivity contribution in [2.75, 3.05) is 19.8 Å². The monoisotopic (exact) mass is 264 g/mol. The number of carbonyl (C=O) groups excluding carboxylic acids is 1. The van der Waals surface area contributed by atoms with Gasteiger partial charge in [0.25, 0.3) is 5.91 Å². The summed E-state index contributed by atoms with van der Waals surface area (Å²) in [5.74, 6) is -0.149. The molecule has 2 rings (SSSR count). The van der Waals surface area contributed by atoms with E-state index in [1.165, 1.54) is 0 Å². The van der Waals surface area contributed by atoms with Gasteiger partial charge < -0.3 is 9.64 Å². The van der Waals surface area contributed by atoms with E-state index in [0.717, 1.165) is 5.56 Å². The Kier molecular flexibility index (Phi) is 3.85. The Hall–Kier alpha value is -1.57. The number of carbonyl (C=O) groups is 1. The van der Waals surface area contributed by atoms with E-state index in [0.29, 0.717) is 23.7 Å². The van der Waals surface area contributed by atoms with Gasteiger partial charge >= 0.3 is 0 Å². The van der Waals surface area contributed by atoms with Gasteiger partial charge in [-0.1, -0.05) is 11.6 Å². The van der Waals surface area contributed by atoms with E-state index >= 15 is 0 Å². The summed E-state index contributed by atoms with van der Waals surface area (Å²) in [5, 5.41) is 9.64. The van der Waals surface area contributed by atoms with E-state index in [2.05, 4.69) is 6.07 Å². The van der Waals surface area contributed by atoms with Gasteiger partial charge in [-0.3, -0.25) is 4.79 Å². The third-order valence-corrected chi connectivity index (χ3v) is 3.37. The number of nitrogens with zero attached hydrogens (tertiary/aromatic N) is 2. The molecule has 0 aliphatic carbocycles. The van der Waals surface area contributed by atoms with E-state index in [9.17, 15) is 4.79 Å². The lowest BCUT2D eigenvalue weighted by atomic mass is 10.1. The average molecular weight is 265 g/mol. The van der Waals surface area contributed by atoms with Crippen LogP contribution in [0.2, 0.25) is 5.02 Å². The first-order valence-corrected chi connectivity index (χ1v) is 6.06. The summed E-state index contributed by atoms with van der Waals surface area (Å²) < 4.78 is 5.19. The SMILES string of the molecule is Cc1cc(C(=O)N2CCOCC2C#N)ccc1Cl. The molecular weight excluding hydrogens is 252 g/mol. The summed E-state index contributed by atoms with van der Waals surface area (Å²) in [6.07, 6.45) is 0. The minimum absolute atomic E-state index is 0.149. The molecule has 0 bridgehead atoms. The zero-order chi connectivity index (χ0) is 13.1. The molecule has 4 nitrogen and oxygen atoms in total. The molecule has 0 N–H and O–H groups in total. The normalized spacial score (nSPS) is 19.4. The highest BCUT2D eigenvalue weighted by atomic mass is 35.5. The van der Waals surface area contributed by atoms with E-state index in [1.54, 1.807) is 23.1 Å². The molecule has 1 saturated heterocycles. The maximum atomic E-state index is 12.3. The van der Waals surface area contributed by atoms with Crippen LogP contribution in [-0.4, -0.2) is 36.6 Å². The van der Waals surface area contributed by atoms with Gasteiger partial charge in [0.2, 0.25) is 0 Å². The first-order valence-electron chi connectivity index (χ1n) is 5.68. The molecule has 1 aromatic carbocycles. The van der Waals surface area contributed by atoms with Gasteiger partial charge in [-0.15, -0.1) is 0 Å². The Morgan fingerprint density at radius 2 is 2.39 bits per heavy atom. The second-order valence-corrected chi connectivity index (χ2v) is 4.59. The van der Waals surface area contributed by atoms with Crippen LogP contribution in [0.25, 0.3) is 0 Å². The van der Waals surface area contributed by atoms with Gasteiger partial charge in [-0.25, -0.2) is 0 Å². The van der Waals surface area contributed by atoms with E-state index in [4.69, 9.17) is 21.6 Å². The Balaban J connectivity index is 2.24. The Morgan fingerprint density at radius 3 is 3.06 bits per heavy atom. The first-order chi connectivity index (χ1) is 8.63. The third kappa shape index (κ3) is 2.47. The molecule has 1 fully saturated rings. The van der Waals surface area contributed by atoms with Crippen LogP contribution in [0, 0.1) is 18.3 Å². The van der Waals surface area contributed by atoms with Crippen molar-refractivity contribution in [2.24, 2.45) is 0 Å². The average Bonchev–Trinajstić information content (AvgIpc) is 2.41. The summed E-state index contributed by atoms with van der Waals surface area (Å²) >= 11 is 5.93. The van der Waals surface area contributed by atoms with Crippen LogP contribution in [0.3, 0.4) is 0 Å². The molecule has 1 aliphatic rings. The van der Waals surface area contributed by atoms with E-state index in [1.807, 2.05) is 6.92 Å². The molecule has 1 amide bonds. The number of halogens is 1. The lowest BCUT2D eigenvalue weighted by Crippen LogP contribution is -2.47. The Morgan fingerprint density at radius 1 is 1.61 bits per heavy atom. The van der Waals surface area contributed by atoms with Crippen molar-refractivity contribution in [1.29, 1.82) is 5.26 Å². The lowest BCUT2D eigenvalue weighted by Gasteiger charge is -2.31. The molecular formula is C13H13ClN2O2. The molecule has 0 saturated carbocycles. The van der Waals surface area contributed by atoms with Crippen LogP contribution in [0.5, 0.6) is 0 Å². The minimum atomic E-state index is -0.512. The largest absolute Gasteiger partial charge is 0.376 e. The second-order valence-electron chi connectivity index (χ2n) is 4.18. The van der Waals surface area contributed by atoms with Gasteiger partial charge in [0.05, 0.1) is 19.3 Å². The summed E-state index contributed by atoms with van der Waals surface area (Å²) in [5.41, 5.74) is 1.41. The van der Waals surface area contributed by atoms with Crippen molar-refractivity contribution >= 4 is 17.5 Å². The fraction of sp³-hybridized carbons (Fsp3) is 0.385. The molecule has 5 heteroatoms. The maximum Gasteiger partial charge on any atom is 0.255 e. The fourth-order valence-electron chi connectivity index (χ4n) is 1.90. The molecule has 1 aromatic rings. The van der Waals surface area contributed by atoms with Crippen LogP contribution in [-0.2, 0) is 4.74 Å². The van der Waals surface area contributed by atoms with Crippen LogP contribution in [0.15, 0.2) is 18.2 Å². The molecule has 18 heavy (non-hydrogen) atoms. The summed E-state index contributed by atoms with van der Waals surface area (Å²) in [6, 6.07) is 6.70. The van der Waals surface area contributed by atoms with Crippen LogP contribution >= 0.6 is 11.6 Å². The maximum absolute atomic E-state index is 12.3. The number of morpholine rings is 1. The number of hydrogen-bond acceptors (Lipinski definition) is 3. The Bertz CT molecular complexity index is 510. The highest BCUT2D eigenvalue weighted by Gasteiger charge is 2.27. The molecule has 0 aromatic heterocycles. The van der Waals surface area contributed by atoms with Crippen molar-refractivity contribution in [3.63, 3.8) is 0 Å². The van der Waals surface area contributed by atoms with Crippen LogP contribution in [0.1, 0.15) is 15.9 Å². The summed E-state index contributed by atoms with van der Waals surface area (Å²) in [7, 11) is 0. The van der Waals surface area contributed by atoms with Gasteiger partial charge in [0, 0.05) is 17.1 Å². The van der Waals surface area contributed by atoms with Crippen LogP contribution in [0.4, 0.5) is 0 Å². The molecule has 0 radical (unpaired) electrons. The standard InChI is InChI=1S/C13H13ClN2O2/c1-9-6-10(2-3-12(9)14)13(17)16-4-5-18-8-11(16)7-15/h2-3,6,11H,4-5,8H2,1H3.